The predicted molar refractivity (Wildman–Crippen MR) is 73.3 cm³/mol. The van der Waals surface area contributed by atoms with E-state index in [0.717, 1.165) is 6.42 Å². The van der Waals surface area contributed by atoms with Crippen LogP contribution in [0.15, 0.2) is 18.2 Å². The SMILES string of the molecule is O=C(CC1(C(=O)[O-])CCC1)N[C@@H]1CCOc2c(F)cccc21.[Na+]. The van der Waals surface area contributed by atoms with Crippen molar-refractivity contribution in [3.63, 3.8) is 0 Å². The topological polar surface area (TPSA) is 78.5 Å². The molecule has 0 spiro atoms. The van der Waals surface area contributed by atoms with Gasteiger partial charge in [0.2, 0.25) is 5.91 Å². The van der Waals surface area contributed by atoms with Gasteiger partial charge in [0.15, 0.2) is 11.6 Å². The zero-order chi connectivity index (χ0) is 15.7. The van der Waals surface area contributed by atoms with Crippen LogP contribution in [-0.2, 0) is 9.59 Å². The maximum atomic E-state index is 13.7. The maximum absolute atomic E-state index is 13.7. The van der Waals surface area contributed by atoms with Gasteiger partial charge in [0.1, 0.15) is 0 Å². The Balaban J connectivity index is 0.00000192. The molecule has 0 saturated heterocycles. The summed E-state index contributed by atoms with van der Waals surface area (Å²) in [4.78, 5) is 23.4. The van der Waals surface area contributed by atoms with Crippen molar-refractivity contribution in [3.8, 4) is 5.75 Å². The molecule has 1 N–H and O–H groups in total. The van der Waals surface area contributed by atoms with Crippen molar-refractivity contribution in [3.05, 3.63) is 29.6 Å². The fourth-order valence-electron chi connectivity index (χ4n) is 3.15. The summed E-state index contributed by atoms with van der Waals surface area (Å²) in [5, 5.41) is 14.0. The number of benzene rings is 1. The van der Waals surface area contributed by atoms with E-state index in [0.29, 0.717) is 31.4 Å². The zero-order valence-corrected chi connectivity index (χ0v) is 15.1. The normalized spacial score (nSPS) is 21.0. The second kappa shape index (κ2) is 7.20. The molecule has 1 aromatic rings. The third kappa shape index (κ3) is 3.54. The molecule has 5 nitrogen and oxygen atoms in total. The summed E-state index contributed by atoms with van der Waals surface area (Å²) < 4.78 is 19.0. The van der Waals surface area contributed by atoms with Crippen molar-refractivity contribution in [1.82, 2.24) is 5.32 Å². The molecule has 1 aromatic carbocycles. The monoisotopic (exact) mass is 329 g/mol. The van der Waals surface area contributed by atoms with E-state index in [9.17, 15) is 19.1 Å². The van der Waals surface area contributed by atoms with Gasteiger partial charge >= 0.3 is 29.6 Å². The van der Waals surface area contributed by atoms with E-state index in [-0.39, 0.29) is 53.7 Å². The van der Waals surface area contributed by atoms with Gasteiger partial charge in [-0.1, -0.05) is 18.6 Å². The third-order valence-corrected chi connectivity index (χ3v) is 4.60. The first-order valence-electron chi connectivity index (χ1n) is 7.44. The second-order valence-corrected chi connectivity index (χ2v) is 6.01. The number of hydrogen-bond acceptors (Lipinski definition) is 4. The first kappa shape index (κ1) is 18.2. The molecule has 1 aliphatic carbocycles. The molecule has 0 aromatic heterocycles. The van der Waals surface area contributed by atoms with E-state index in [1.54, 1.807) is 12.1 Å². The van der Waals surface area contributed by atoms with Crippen molar-refractivity contribution >= 4 is 11.9 Å². The number of hydrogen-bond donors (Lipinski definition) is 1. The smallest absolute Gasteiger partial charge is 0.550 e. The van der Waals surface area contributed by atoms with Crippen molar-refractivity contribution < 1.29 is 53.4 Å². The largest absolute Gasteiger partial charge is 1.00 e. The quantitative estimate of drug-likeness (QED) is 0.653. The number of fused-ring (bicyclic) bond motifs is 1. The van der Waals surface area contributed by atoms with E-state index in [4.69, 9.17) is 4.74 Å². The average Bonchev–Trinajstić information content (AvgIpc) is 2.44. The Morgan fingerprint density at radius 2 is 2.13 bits per heavy atom. The molecule has 3 rings (SSSR count). The summed E-state index contributed by atoms with van der Waals surface area (Å²) in [6.45, 7) is 0.310. The van der Waals surface area contributed by atoms with Crippen LogP contribution in [0.2, 0.25) is 0 Å². The summed E-state index contributed by atoms with van der Waals surface area (Å²) in [5.74, 6) is -1.79. The van der Waals surface area contributed by atoms with Crippen LogP contribution in [0.4, 0.5) is 4.39 Å². The van der Waals surface area contributed by atoms with Crippen molar-refractivity contribution in [2.24, 2.45) is 5.41 Å². The molecule has 0 bridgehead atoms. The average molecular weight is 329 g/mol. The van der Waals surface area contributed by atoms with Crippen LogP contribution in [0.3, 0.4) is 0 Å². The molecule has 1 amide bonds. The molecule has 1 saturated carbocycles. The van der Waals surface area contributed by atoms with Crippen LogP contribution in [0.25, 0.3) is 0 Å². The van der Waals surface area contributed by atoms with E-state index >= 15 is 0 Å². The summed E-state index contributed by atoms with van der Waals surface area (Å²) in [6, 6.07) is 4.23. The molecule has 7 heteroatoms. The molecular formula is C16H17FNNaO4. The van der Waals surface area contributed by atoms with Crippen LogP contribution in [0, 0.1) is 11.2 Å². The number of amides is 1. The van der Waals surface area contributed by atoms with Crippen molar-refractivity contribution in [2.45, 2.75) is 38.1 Å². The second-order valence-electron chi connectivity index (χ2n) is 6.01. The minimum atomic E-state index is -1.16. The molecule has 0 radical (unpaired) electrons. The minimum absolute atomic E-state index is 0. The number of carbonyl (C=O) groups is 2. The van der Waals surface area contributed by atoms with Gasteiger partial charge < -0.3 is 20.0 Å². The standard InChI is InChI=1S/C16H18FNO4.Na/c17-11-4-1-3-10-12(5-8-22-14(10)11)18-13(19)9-16(15(20)21)6-2-7-16;/h1,3-4,12H,2,5-9H2,(H,18,19)(H,20,21);/q;+1/p-1/t12-;/m1./s1. The number of ether oxygens (including phenoxy) is 1. The summed E-state index contributed by atoms with van der Waals surface area (Å²) in [5.41, 5.74) is -0.435. The number of carboxylic acids is 1. The fraction of sp³-hybridized carbons (Fsp3) is 0.500. The van der Waals surface area contributed by atoms with Gasteiger partial charge in [-0.2, -0.15) is 0 Å². The Kier molecular flexibility index (Phi) is 5.70. The van der Waals surface area contributed by atoms with Gasteiger partial charge in [0.05, 0.1) is 12.6 Å². The molecule has 0 unspecified atom stereocenters. The minimum Gasteiger partial charge on any atom is -0.550 e. The van der Waals surface area contributed by atoms with Crippen LogP contribution < -0.4 is 44.7 Å². The summed E-state index contributed by atoms with van der Waals surface area (Å²) in [6.07, 6.45) is 2.19. The summed E-state index contributed by atoms with van der Waals surface area (Å²) >= 11 is 0. The molecule has 118 valence electrons. The van der Waals surface area contributed by atoms with E-state index in [2.05, 4.69) is 5.32 Å². The Bertz CT molecular complexity index is 618. The van der Waals surface area contributed by atoms with E-state index in [1.165, 1.54) is 6.07 Å². The molecule has 1 fully saturated rings. The molecule has 1 heterocycles. The van der Waals surface area contributed by atoms with E-state index < -0.39 is 17.2 Å². The Morgan fingerprint density at radius 3 is 2.74 bits per heavy atom. The molecular weight excluding hydrogens is 312 g/mol. The van der Waals surface area contributed by atoms with Crippen LogP contribution >= 0.6 is 0 Å². The van der Waals surface area contributed by atoms with Crippen molar-refractivity contribution in [2.75, 3.05) is 6.61 Å². The van der Waals surface area contributed by atoms with Gasteiger partial charge in [0, 0.05) is 29.8 Å². The van der Waals surface area contributed by atoms with Crippen LogP contribution in [0.1, 0.15) is 43.7 Å². The Hall–Kier alpha value is -1.11. The maximum Gasteiger partial charge on any atom is 1.00 e. The van der Waals surface area contributed by atoms with Gasteiger partial charge in [0.25, 0.3) is 0 Å². The number of halogens is 1. The first-order chi connectivity index (χ1) is 10.5. The van der Waals surface area contributed by atoms with Gasteiger partial charge in [-0.3, -0.25) is 4.79 Å². The molecule has 1 aliphatic heterocycles. The number of nitrogens with one attached hydrogen (secondary N) is 1. The number of aliphatic carboxylic acids is 1. The van der Waals surface area contributed by atoms with Crippen LogP contribution in [0.5, 0.6) is 5.75 Å². The number of carboxylic acid groups (broad SMARTS) is 1. The molecule has 2 aliphatic rings. The van der Waals surface area contributed by atoms with Crippen LogP contribution in [-0.4, -0.2) is 18.5 Å². The first-order valence-corrected chi connectivity index (χ1v) is 7.44. The predicted octanol–water partition coefficient (Wildman–Crippen LogP) is -1.92. The van der Waals surface area contributed by atoms with Gasteiger partial charge in [-0.05, 0) is 18.9 Å². The van der Waals surface area contributed by atoms with E-state index in [1.807, 2.05) is 0 Å². The Morgan fingerprint density at radius 1 is 1.39 bits per heavy atom. The van der Waals surface area contributed by atoms with Crippen molar-refractivity contribution in [1.29, 1.82) is 0 Å². The number of para-hydroxylation sites is 1. The Labute approximate surface area is 155 Å². The number of carbonyl (C=O) groups excluding carboxylic acids is 2. The van der Waals surface area contributed by atoms with Gasteiger partial charge in [-0.15, -0.1) is 0 Å². The fourth-order valence-corrected chi connectivity index (χ4v) is 3.15. The molecule has 1 atom stereocenters. The summed E-state index contributed by atoms with van der Waals surface area (Å²) in [7, 11) is 0. The third-order valence-electron chi connectivity index (χ3n) is 4.60. The zero-order valence-electron chi connectivity index (χ0n) is 13.1. The van der Waals surface area contributed by atoms with Gasteiger partial charge in [-0.25, -0.2) is 4.39 Å². The number of rotatable bonds is 4. The molecule has 23 heavy (non-hydrogen) atoms.